The predicted molar refractivity (Wildman–Crippen MR) is 97.3 cm³/mol. The Kier molecular flexibility index (Phi) is 4.18. The Hall–Kier alpha value is -3.48. The summed E-state index contributed by atoms with van der Waals surface area (Å²) < 4.78 is 1.59. The van der Waals surface area contributed by atoms with Gasteiger partial charge in [-0.3, -0.25) is 9.59 Å². The van der Waals surface area contributed by atoms with Crippen LogP contribution in [-0.2, 0) is 4.79 Å². The van der Waals surface area contributed by atoms with E-state index < -0.39 is 0 Å². The molecule has 1 fully saturated rings. The summed E-state index contributed by atoms with van der Waals surface area (Å²) in [7, 11) is 0. The van der Waals surface area contributed by atoms with Gasteiger partial charge in [0.15, 0.2) is 0 Å². The van der Waals surface area contributed by atoms with Crippen molar-refractivity contribution in [2.24, 2.45) is 0 Å². The molecule has 2 heterocycles. The zero-order valence-corrected chi connectivity index (χ0v) is 14.0. The summed E-state index contributed by atoms with van der Waals surface area (Å²) in [6.45, 7) is 0.693. The minimum absolute atomic E-state index is 0.0964. The van der Waals surface area contributed by atoms with Gasteiger partial charge in [-0.05, 0) is 36.8 Å². The average Bonchev–Trinajstić information content (AvgIpc) is 3.34. The van der Waals surface area contributed by atoms with Crippen LogP contribution in [0.2, 0.25) is 0 Å². The summed E-state index contributed by atoms with van der Waals surface area (Å²) in [5.41, 5.74) is 2.61. The first-order valence-electron chi connectivity index (χ1n) is 8.40. The highest BCUT2D eigenvalue weighted by molar-refractivity contribution is 6.06. The highest BCUT2D eigenvalue weighted by atomic mass is 16.2. The first-order valence-corrected chi connectivity index (χ1v) is 8.40. The van der Waals surface area contributed by atoms with E-state index in [1.54, 1.807) is 40.2 Å². The molecule has 1 N–H and O–H groups in total. The molecule has 1 aliphatic heterocycles. The summed E-state index contributed by atoms with van der Waals surface area (Å²) in [6.07, 6.45) is 4.70. The number of anilines is 2. The molecule has 3 aromatic rings. The van der Waals surface area contributed by atoms with Crippen molar-refractivity contribution in [3.05, 3.63) is 66.5 Å². The smallest absolute Gasteiger partial charge is 0.255 e. The maximum absolute atomic E-state index is 12.7. The fraction of sp³-hybridized carbons (Fsp3) is 0.158. The lowest BCUT2D eigenvalue weighted by molar-refractivity contribution is -0.117. The van der Waals surface area contributed by atoms with Gasteiger partial charge >= 0.3 is 0 Å². The normalized spacial score (nSPS) is 13.8. The van der Waals surface area contributed by atoms with Gasteiger partial charge in [-0.2, -0.15) is 0 Å². The molecular weight excluding hydrogens is 330 g/mol. The summed E-state index contributed by atoms with van der Waals surface area (Å²) in [4.78, 5) is 26.4. The third-order valence-corrected chi connectivity index (χ3v) is 4.32. The van der Waals surface area contributed by atoms with Gasteiger partial charge < -0.3 is 10.2 Å². The van der Waals surface area contributed by atoms with Gasteiger partial charge in [-0.25, -0.2) is 4.68 Å². The standard InChI is InChI=1S/C19H17N5O2/c25-18-9-4-11-23(18)15-6-3-5-14(13-15)19(26)21-16-7-1-2-8-17(16)24-12-10-20-22-24/h1-3,5-8,10,12-13H,4,9,11H2,(H,21,26). The van der Waals surface area contributed by atoms with Gasteiger partial charge in [0.25, 0.3) is 5.91 Å². The second-order valence-corrected chi connectivity index (χ2v) is 6.02. The van der Waals surface area contributed by atoms with Crippen molar-refractivity contribution in [1.29, 1.82) is 0 Å². The number of carbonyl (C=O) groups excluding carboxylic acids is 2. The van der Waals surface area contributed by atoms with Crippen molar-refractivity contribution in [2.75, 3.05) is 16.8 Å². The lowest BCUT2D eigenvalue weighted by Gasteiger charge is -2.16. The number of nitrogens with one attached hydrogen (secondary N) is 1. The number of para-hydroxylation sites is 2. The first-order chi connectivity index (χ1) is 12.7. The van der Waals surface area contributed by atoms with Crippen molar-refractivity contribution in [1.82, 2.24) is 15.0 Å². The van der Waals surface area contributed by atoms with Gasteiger partial charge in [0.05, 0.1) is 23.8 Å². The lowest BCUT2D eigenvalue weighted by atomic mass is 10.1. The maximum Gasteiger partial charge on any atom is 0.255 e. The van der Waals surface area contributed by atoms with Crippen molar-refractivity contribution in [3.8, 4) is 5.69 Å². The van der Waals surface area contributed by atoms with Crippen LogP contribution in [0.15, 0.2) is 60.9 Å². The number of nitrogens with zero attached hydrogens (tertiary/aromatic N) is 4. The van der Waals surface area contributed by atoms with E-state index in [-0.39, 0.29) is 11.8 Å². The monoisotopic (exact) mass is 347 g/mol. The number of benzene rings is 2. The van der Waals surface area contributed by atoms with Crippen LogP contribution >= 0.6 is 0 Å². The molecule has 4 rings (SSSR count). The van der Waals surface area contributed by atoms with Crippen LogP contribution < -0.4 is 10.2 Å². The highest BCUT2D eigenvalue weighted by Gasteiger charge is 2.22. The molecule has 7 nitrogen and oxygen atoms in total. The van der Waals surface area contributed by atoms with Crippen LogP contribution in [0.5, 0.6) is 0 Å². The molecule has 1 aromatic heterocycles. The average molecular weight is 347 g/mol. The zero-order chi connectivity index (χ0) is 17.9. The lowest BCUT2D eigenvalue weighted by Crippen LogP contribution is -2.24. The maximum atomic E-state index is 12.7. The SMILES string of the molecule is O=C(Nc1ccccc1-n1ccnn1)c1cccc(N2CCCC2=O)c1. The van der Waals surface area contributed by atoms with Gasteiger partial charge in [0.1, 0.15) is 0 Å². The Bertz CT molecular complexity index is 952. The summed E-state index contributed by atoms with van der Waals surface area (Å²) in [5.74, 6) is -0.148. The number of hydrogen-bond acceptors (Lipinski definition) is 4. The number of aromatic nitrogens is 3. The Labute approximate surface area is 150 Å². The molecule has 0 atom stereocenters. The van der Waals surface area contributed by atoms with Gasteiger partial charge in [-0.15, -0.1) is 5.10 Å². The Morgan fingerprint density at radius 3 is 2.77 bits per heavy atom. The molecule has 1 aliphatic rings. The van der Waals surface area contributed by atoms with E-state index in [0.717, 1.165) is 17.8 Å². The van der Waals surface area contributed by atoms with Gasteiger partial charge in [0.2, 0.25) is 5.91 Å². The fourth-order valence-electron chi connectivity index (χ4n) is 3.05. The van der Waals surface area contributed by atoms with Gasteiger partial charge in [0, 0.05) is 24.2 Å². The molecule has 2 aromatic carbocycles. The van der Waals surface area contributed by atoms with Crippen LogP contribution in [0, 0.1) is 0 Å². The van der Waals surface area contributed by atoms with Crippen molar-refractivity contribution < 1.29 is 9.59 Å². The molecule has 7 heteroatoms. The molecule has 0 radical (unpaired) electrons. The minimum Gasteiger partial charge on any atom is -0.320 e. The third kappa shape index (κ3) is 3.06. The molecule has 0 unspecified atom stereocenters. The minimum atomic E-state index is -0.244. The molecule has 2 amide bonds. The molecule has 0 bridgehead atoms. The third-order valence-electron chi connectivity index (χ3n) is 4.32. The van der Waals surface area contributed by atoms with E-state index >= 15 is 0 Å². The van der Waals surface area contributed by atoms with E-state index in [1.807, 2.05) is 30.3 Å². The second kappa shape index (κ2) is 6.79. The number of rotatable bonds is 4. The van der Waals surface area contributed by atoms with Crippen LogP contribution in [-0.4, -0.2) is 33.4 Å². The van der Waals surface area contributed by atoms with E-state index in [1.165, 1.54) is 0 Å². The van der Waals surface area contributed by atoms with Gasteiger partial charge in [-0.1, -0.05) is 23.4 Å². The molecule has 0 saturated carbocycles. The summed E-state index contributed by atoms with van der Waals surface area (Å²) in [5, 5.41) is 10.7. The van der Waals surface area contributed by atoms with Crippen molar-refractivity contribution in [2.45, 2.75) is 12.8 Å². The van der Waals surface area contributed by atoms with Crippen LogP contribution in [0.1, 0.15) is 23.2 Å². The van der Waals surface area contributed by atoms with Crippen molar-refractivity contribution >= 4 is 23.2 Å². The fourth-order valence-corrected chi connectivity index (χ4v) is 3.05. The molecule has 1 saturated heterocycles. The van der Waals surface area contributed by atoms with E-state index in [2.05, 4.69) is 15.6 Å². The number of amides is 2. The number of hydrogen-bond donors (Lipinski definition) is 1. The molecule has 130 valence electrons. The summed E-state index contributed by atoms with van der Waals surface area (Å²) in [6, 6.07) is 14.5. The van der Waals surface area contributed by atoms with Crippen LogP contribution in [0.4, 0.5) is 11.4 Å². The van der Waals surface area contributed by atoms with E-state index in [4.69, 9.17) is 0 Å². The zero-order valence-electron chi connectivity index (χ0n) is 14.0. The predicted octanol–water partition coefficient (Wildman–Crippen LogP) is 2.65. The highest BCUT2D eigenvalue weighted by Crippen LogP contribution is 2.24. The molecule has 0 spiro atoms. The van der Waals surface area contributed by atoms with Crippen LogP contribution in [0.3, 0.4) is 0 Å². The number of carbonyl (C=O) groups is 2. The topological polar surface area (TPSA) is 80.1 Å². The van der Waals surface area contributed by atoms with Crippen LogP contribution in [0.25, 0.3) is 5.69 Å². The second-order valence-electron chi connectivity index (χ2n) is 6.02. The quantitative estimate of drug-likeness (QED) is 0.787. The molecule has 0 aliphatic carbocycles. The first kappa shape index (κ1) is 16.0. The largest absolute Gasteiger partial charge is 0.320 e. The van der Waals surface area contributed by atoms with Crippen molar-refractivity contribution in [3.63, 3.8) is 0 Å². The molecule has 26 heavy (non-hydrogen) atoms. The Morgan fingerprint density at radius 1 is 1.12 bits per heavy atom. The summed E-state index contributed by atoms with van der Waals surface area (Å²) >= 11 is 0. The Balaban J connectivity index is 1.59. The van der Waals surface area contributed by atoms with E-state index in [0.29, 0.717) is 24.2 Å². The Morgan fingerprint density at radius 2 is 2.00 bits per heavy atom. The molecular formula is C19H17N5O2. The van der Waals surface area contributed by atoms with E-state index in [9.17, 15) is 9.59 Å².